The average Bonchev–Trinajstić information content (AvgIpc) is 3.24. The normalized spacial score (nSPS) is 11.1. The SMILES string of the molecule is Cc1ccc(-c2nnc(SCc3nc(-c4ccccc4)oc3C)n2C)cc1. The van der Waals surface area contributed by atoms with Gasteiger partial charge in [-0.1, -0.05) is 59.8 Å². The topological polar surface area (TPSA) is 56.7 Å². The first-order chi connectivity index (χ1) is 13.1. The molecular weight excluding hydrogens is 356 g/mol. The van der Waals surface area contributed by atoms with Crippen molar-refractivity contribution in [2.45, 2.75) is 24.8 Å². The molecule has 0 saturated carbocycles. The highest BCUT2D eigenvalue weighted by Crippen LogP contribution is 2.28. The molecule has 0 radical (unpaired) electrons. The Morgan fingerprint density at radius 2 is 1.67 bits per heavy atom. The molecule has 0 unspecified atom stereocenters. The highest BCUT2D eigenvalue weighted by Gasteiger charge is 2.15. The van der Waals surface area contributed by atoms with Crippen LogP contribution in [0.4, 0.5) is 0 Å². The van der Waals surface area contributed by atoms with E-state index in [1.165, 1.54) is 5.56 Å². The molecule has 4 rings (SSSR count). The fourth-order valence-corrected chi connectivity index (χ4v) is 3.71. The van der Waals surface area contributed by atoms with E-state index in [4.69, 9.17) is 4.42 Å². The first-order valence-electron chi connectivity index (χ1n) is 8.73. The Balaban J connectivity index is 1.51. The van der Waals surface area contributed by atoms with Crippen molar-refractivity contribution in [3.8, 4) is 22.8 Å². The Morgan fingerprint density at radius 1 is 0.926 bits per heavy atom. The van der Waals surface area contributed by atoms with Crippen LogP contribution in [0.3, 0.4) is 0 Å². The standard InChI is InChI=1S/C21H20N4OS/c1-14-9-11-16(12-10-14)19-23-24-21(25(19)3)27-13-18-15(2)26-20(22-18)17-7-5-4-6-8-17/h4-12H,13H2,1-3H3. The molecule has 27 heavy (non-hydrogen) atoms. The van der Waals surface area contributed by atoms with Crippen molar-refractivity contribution < 1.29 is 4.42 Å². The van der Waals surface area contributed by atoms with E-state index in [0.717, 1.165) is 33.6 Å². The second-order valence-electron chi connectivity index (χ2n) is 6.41. The minimum absolute atomic E-state index is 0.655. The van der Waals surface area contributed by atoms with Gasteiger partial charge in [-0.2, -0.15) is 0 Å². The Morgan fingerprint density at radius 3 is 2.41 bits per heavy atom. The summed E-state index contributed by atoms with van der Waals surface area (Å²) in [6.07, 6.45) is 0. The third-order valence-electron chi connectivity index (χ3n) is 4.40. The first-order valence-corrected chi connectivity index (χ1v) is 9.71. The van der Waals surface area contributed by atoms with Crippen LogP contribution in [0.15, 0.2) is 64.2 Å². The highest BCUT2D eigenvalue weighted by atomic mass is 32.2. The largest absolute Gasteiger partial charge is 0.441 e. The summed E-state index contributed by atoms with van der Waals surface area (Å²) in [6, 6.07) is 18.3. The third-order valence-corrected chi connectivity index (χ3v) is 5.43. The zero-order valence-electron chi connectivity index (χ0n) is 15.5. The van der Waals surface area contributed by atoms with Gasteiger partial charge < -0.3 is 8.98 Å². The lowest BCUT2D eigenvalue weighted by molar-refractivity contribution is 0.540. The van der Waals surface area contributed by atoms with Crippen molar-refractivity contribution in [2.75, 3.05) is 0 Å². The molecule has 0 atom stereocenters. The van der Waals surface area contributed by atoms with Crippen molar-refractivity contribution in [3.05, 3.63) is 71.6 Å². The Kier molecular flexibility index (Phi) is 4.81. The summed E-state index contributed by atoms with van der Waals surface area (Å²) in [4.78, 5) is 4.65. The lowest BCUT2D eigenvalue weighted by atomic mass is 10.1. The van der Waals surface area contributed by atoms with Gasteiger partial charge in [-0.3, -0.25) is 0 Å². The molecule has 0 bridgehead atoms. The second-order valence-corrected chi connectivity index (χ2v) is 7.35. The Bertz CT molecular complexity index is 1050. The molecule has 0 fully saturated rings. The van der Waals surface area contributed by atoms with E-state index in [9.17, 15) is 0 Å². The van der Waals surface area contributed by atoms with Crippen molar-refractivity contribution in [3.63, 3.8) is 0 Å². The summed E-state index contributed by atoms with van der Waals surface area (Å²) in [5, 5.41) is 9.55. The fourth-order valence-electron chi connectivity index (χ4n) is 2.79. The lowest BCUT2D eigenvalue weighted by Gasteiger charge is -2.03. The maximum atomic E-state index is 5.84. The van der Waals surface area contributed by atoms with Crippen molar-refractivity contribution in [1.29, 1.82) is 0 Å². The molecule has 0 saturated heterocycles. The van der Waals surface area contributed by atoms with Gasteiger partial charge in [0.05, 0.1) is 5.69 Å². The van der Waals surface area contributed by atoms with E-state index >= 15 is 0 Å². The molecule has 5 nitrogen and oxygen atoms in total. The number of hydrogen-bond acceptors (Lipinski definition) is 5. The molecule has 4 aromatic rings. The van der Waals surface area contributed by atoms with Crippen molar-refractivity contribution in [2.24, 2.45) is 7.05 Å². The van der Waals surface area contributed by atoms with Crippen molar-refractivity contribution in [1.82, 2.24) is 19.7 Å². The van der Waals surface area contributed by atoms with Gasteiger partial charge in [0.15, 0.2) is 11.0 Å². The van der Waals surface area contributed by atoms with Gasteiger partial charge >= 0.3 is 0 Å². The van der Waals surface area contributed by atoms with Gasteiger partial charge in [-0.25, -0.2) is 4.98 Å². The third kappa shape index (κ3) is 3.66. The number of aromatic nitrogens is 4. The van der Waals surface area contributed by atoms with Crippen LogP contribution < -0.4 is 0 Å². The monoisotopic (exact) mass is 376 g/mol. The zero-order chi connectivity index (χ0) is 18.8. The molecule has 0 N–H and O–H groups in total. The minimum Gasteiger partial charge on any atom is -0.441 e. The lowest BCUT2D eigenvalue weighted by Crippen LogP contribution is -1.95. The minimum atomic E-state index is 0.655. The molecule has 0 amide bonds. The number of nitrogens with zero attached hydrogens (tertiary/aromatic N) is 4. The van der Waals surface area contributed by atoms with Gasteiger partial charge in [0.25, 0.3) is 0 Å². The van der Waals surface area contributed by atoms with Crippen LogP contribution in [-0.4, -0.2) is 19.7 Å². The van der Waals surface area contributed by atoms with Crippen LogP contribution in [-0.2, 0) is 12.8 Å². The maximum Gasteiger partial charge on any atom is 0.226 e. The summed E-state index contributed by atoms with van der Waals surface area (Å²) in [7, 11) is 1.99. The predicted molar refractivity (Wildman–Crippen MR) is 107 cm³/mol. The smallest absolute Gasteiger partial charge is 0.226 e. The van der Waals surface area contributed by atoms with Crippen LogP contribution in [0.2, 0.25) is 0 Å². The van der Waals surface area contributed by atoms with Gasteiger partial charge in [-0.05, 0) is 26.0 Å². The molecule has 0 spiro atoms. The van der Waals surface area contributed by atoms with Crippen LogP contribution >= 0.6 is 11.8 Å². The molecule has 2 heterocycles. The molecule has 0 aliphatic carbocycles. The van der Waals surface area contributed by atoms with Crippen molar-refractivity contribution >= 4 is 11.8 Å². The van der Waals surface area contributed by atoms with Crippen LogP contribution in [0.1, 0.15) is 17.0 Å². The number of hydrogen-bond donors (Lipinski definition) is 0. The van der Waals surface area contributed by atoms with Gasteiger partial charge in [0.2, 0.25) is 5.89 Å². The fraction of sp³-hybridized carbons (Fsp3) is 0.190. The molecular formula is C21H20N4OS. The first kappa shape index (κ1) is 17.5. The van der Waals surface area contributed by atoms with Gasteiger partial charge in [0, 0.05) is 23.9 Å². The number of rotatable bonds is 5. The summed E-state index contributed by atoms with van der Waals surface area (Å²) in [6.45, 7) is 4.02. The number of thioether (sulfide) groups is 1. The molecule has 2 aromatic carbocycles. The Labute approximate surface area is 162 Å². The van der Waals surface area contributed by atoms with Crippen LogP contribution in [0.5, 0.6) is 0 Å². The molecule has 136 valence electrons. The Hall–Kier alpha value is -2.86. The van der Waals surface area contributed by atoms with E-state index < -0.39 is 0 Å². The van der Waals surface area contributed by atoms with Crippen LogP contribution in [0.25, 0.3) is 22.8 Å². The van der Waals surface area contributed by atoms with E-state index in [1.807, 2.05) is 48.9 Å². The zero-order valence-corrected chi connectivity index (χ0v) is 16.3. The molecule has 0 aliphatic rings. The van der Waals surface area contributed by atoms with Gasteiger partial charge in [0.1, 0.15) is 5.76 Å². The summed E-state index contributed by atoms with van der Waals surface area (Å²) < 4.78 is 7.85. The molecule has 6 heteroatoms. The van der Waals surface area contributed by atoms with Crippen LogP contribution in [0, 0.1) is 13.8 Å². The second kappa shape index (κ2) is 7.40. The van der Waals surface area contributed by atoms with E-state index in [2.05, 4.69) is 46.4 Å². The number of oxazole rings is 1. The van der Waals surface area contributed by atoms with E-state index in [-0.39, 0.29) is 0 Å². The van der Waals surface area contributed by atoms with E-state index in [1.54, 1.807) is 11.8 Å². The average molecular weight is 376 g/mol. The van der Waals surface area contributed by atoms with Gasteiger partial charge in [-0.15, -0.1) is 10.2 Å². The summed E-state index contributed by atoms with van der Waals surface area (Å²) >= 11 is 1.61. The number of benzene rings is 2. The quantitative estimate of drug-likeness (QED) is 0.456. The summed E-state index contributed by atoms with van der Waals surface area (Å²) in [5.41, 5.74) is 4.20. The number of aryl methyl sites for hydroxylation is 2. The molecule has 0 aliphatic heterocycles. The van der Waals surface area contributed by atoms with E-state index in [0.29, 0.717) is 11.6 Å². The molecule has 2 aromatic heterocycles. The maximum absolute atomic E-state index is 5.84. The highest BCUT2D eigenvalue weighted by molar-refractivity contribution is 7.98. The predicted octanol–water partition coefficient (Wildman–Crippen LogP) is 5.05. The summed E-state index contributed by atoms with van der Waals surface area (Å²) in [5.74, 6) is 3.03.